The van der Waals surface area contributed by atoms with Crippen LogP contribution in [0.2, 0.25) is 0 Å². The second-order valence-electron chi connectivity index (χ2n) is 5.69. The molecule has 6 heteroatoms. The highest BCUT2D eigenvalue weighted by atomic mass is 16.2. The van der Waals surface area contributed by atoms with Crippen molar-refractivity contribution in [3.63, 3.8) is 0 Å². The second kappa shape index (κ2) is 8.02. The summed E-state index contributed by atoms with van der Waals surface area (Å²) in [7, 11) is 0. The number of carbonyl (C=O) groups is 2. The largest absolute Gasteiger partial charge is 0.348 e. The molecule has 2 heterocycles. The van der Waals surface area contributed by atoms with Crippen molar-refractivity contribution in [1.82, 2.24) is 15.3 Å². The minimum absolute atomic E-state index is 0.151. The topological polar surface area (TPSA) is 84.0 Å². The number of hydrogen-bond donors (Lipinski definition) is 2. The van der Waals surface area contributed by atoms with Crippen molar-refractivity contribution in [3.8, 4) is 11.3 Å². The predicted molar refractivity (Wildman–Crippen MR) is 99.4 cm³/mol. The van der Waals surface area contributed by atoms with E-state index in [1.165, 1.54) is 6.92 Å². The van der Waals surface area contributed by atoms with E-state index in [4.69, 9.17) is 0 Å². The zero-order valence-corrected chi connectivity index (χ0v) is 14.3. The highest BCUT2D eigenvalue weighted by Crippen LogP contribution is 2.20. The normalized spacial score (nSPS) is 10.2. The van der Waals surface area contributed by atoms with Crippen molar-refractivity contribution in [2.45, 2.75) is 13.5 Å². The third-order valence-corrected chi connectivity index (χ3v) is 3.75. The Balaban J connectivity index is 1.70. The van der Waals surface area contributed by atoms with Gasteiger partial charge in [0.05, 0.1) is 5.69 Å². The zero-order chi connectivity index (χ0) is 18.4. The summed E-state index contributed by atoms with van der Waals surface area (Å²) in [6, 6.07) is 14.3. The van der Waals surface area contributed by atoms with Crippen molar-refractivity contribution < 1.29 is 9.59 Å². The van der Waals surface area contributed by atoms with Gasteiger partial charge in [0.15, 0.2) is 0 Å². The number of aromatic nitrogens is 2. The zero-order valence-electron chi connectivity index (χ0n) is 14.3. The summed E-state index contributed by atoms with van der Waals surface area (Å²) in [4.78, 5) is 31.8. The number of benzene rings is 1. The van der Waals surface area contributed by atoms with Crippen LogP contribution in [0, 0.1) is 0 Å². The summed E-state index contributed by atoms with van der Waals surface area (Å²) in [6.07, 6.45) is 5.15. The standard InChI is InChI=1S/C20H18N4O2/c1-14(25)24-18-6-4-16(5-7-18)20(26)23-13-17-3-2-10-22-19(17)15-8-11-21-12-9-15/h2-12H,13H2,1H3,(H,23,26)(H,24,25). The molecule has 3 aromatic rings. The SMILES string of the molecule is CC(=O)Nc1ccc(C(=O)NCc2cccnc2-c2ccncc2)cc1. The van der Waals surface area contributed by atoms with Gasteiger partial charge in [-0.25, -0.2) is 0 Å². The fourth-order valence-corrected chi connectivity index (χ4v) is 2.54. The van der Waals surface area contributed by atoms with Crippen LogP contribution in [0.4, 0.5) is 5.69 Å². The molecule has 0 atom stereocenters. The first kappa shape index (κ1) is 17.3. The lowest BCUT2D eigenvalue weighted by Gasteiger charge is -2.10. The summed E-state index contributed by atoms with van der Waals surface area (Å²) in [6.45, 7) is 1.80. The highest BCUT2D eigenvalue weighted by molar-refractivity contribution is 5.95. The van der Waals surface area contributed by atoms with Gasteiger partial charge < -0.3 is 10.6 Å². The van der Waals surface area contributed by atoms with E-state index < -0.39 is 0 Å². The van der Waals surface area contributed by atoms with E-state index in [0.29, 0.717) is 17.8 Å². The van der Waals surface area contributed by atoms with Gasteiger partial charge in [0.1, 0.15) is 0 Å². The smallest absolute Gasteiger partial charge is 0.251 e. The van der Waals surface area contributed by atoms with E-state index >= 15 is 0 Å². The van der Waals surface area contributed by atoms with Gasteiger partial charge in [0.25, 0.3) is 5.91 Å². The number of nitrogens with zero attached hydrogens (tertiary/aromatic N) is 2. The van der Waals surface area contributed by atoms with Crippen molar-refractivity contribution in [2.75, 3.05) is 5.32 Å². The van der Waals surface area contributed by atoms with Crippen LogP contribution in [-0.4, -0.2) is 21.8 Å². The van der Waals surface area contributed by atoms with Gasteiger partial charge in [-0.1, -0.05) is 6.07 Å². The number of pyridine rings is 2. The summed E-state index contributed by atoms with van der Waals surface area (Å²) in [5.74, 6) is -0.341. The van der Waals surface area contributed by atoms with Gasteiger partial charge >= 0.3 is 0 Å². The van der Waals surface area contributed by atoms with Crippen LogP contribution < -0.4 is 10.6 Å². The third-order valence-electron chi connectivity index (χ3n) is 3.75. The average Bonchev–Trinajstić information content (AvgIpc) is 2.67. The van der Waals surface area contributed by atoms with Gasteiger partial charge in [0.2, 0.25) is 5.91 Å². The molecule has 26 heavy (non-hydrogen) atoms. The van der Waals surface area contributed by atoms with Crippen molar-refractivity contribution in [3.05, 3.63) is 78.2 Å². The Hall–Kier alpha value is -3.54. The molecule has 0 saturated heterocycles. The maximum Gasteiger partial charge on any atom is 0.251 e. The lowest BCUT2D eigenvalue weighted by atomic mass is 10.1. The summed E-state index contributed by atoms with van der Waals surface area (Å²) in [5, 5.41) is 5.57. The molecule has 1 aromatic carbocycles. The van der Waals surface area contributed by atoms with Crippen LogP contribution in [-0.2, 0) is 11.3 Å². The number of carbonyl (C=O) groups excluding carboxylic acids is 2. The van der Waals surface area contributed by atoms with Crippen LogP contribution in [0.5, 0.6) is 0 Å². The monoisotopic (exact) mass is 346 g/mol. The maximum atomic E-state index is 12.4. The van der Waals surface area contributed by atoms with E-state index in [2.05, 4.69) is 20.6 Å². The molecule has 0 bridgehead atoms. The Labute approximate surface area is 151 Å². The van der Waals surface area contributed by atoms with E-state index in [1.807, 2.05) is 24.3 Å². The Morgan fingerprint density at radius 3 is 2.38 bits per heavy atom. The fraction of sp³-hybridized carbons (Fsp3) is 0.100. The third kappa shape index (κ3) is 4.30. The van der Waals surface area contributed by atoms with Crippen molar-refractivity contribution >= 4 is 17.5 Å². The average molecular weight is 346 g/mol. The molecule has 0 aliphatic heterocycles. The van der Waals surface area contributed by atoms with Gasteiger partial charge in [-0.15, -0.1) is 0 Å². The summed E-state index contributed by atoms with van der Waals surface area (Å²) >= 11 is 0. The van der Waals surface area contributed by atoms with Gasteiger partial charge in [-0.3, -0.25) is 19.6 Å². The van der Waals surface area contributed by atoms with E-state index in [0.717, 1.165) is 16.8 Å². The first-order valence-corrected chi connectivity index (χ1v) is 8.13. The maximum absolute atomic E-state index is 12.4. The molecule has 0 saturated carbocycles. The molecule has 6 nitrogen and oxygen atoms in total. The Morgan fingerprint density at radius 2 is 1.69 bits per heavy atom. The Morgan fingerprint density at radius 1 is 0.962 bits per heavy atom. The summed E-state index contributed by atoms with van der Waals surface area (Å²) in [5.41, 5.74) is 3.86. The van der Waals surface area contributed by atoms with Gasteiger partial charge in [-0.05, 0) is 48.0 Å². The number of rotatable bonds is 5. The van der Waals surface area contributed by atoms with Gasteiger partial charge in [0, 0.05) is 48.9 Å². The molecule has 130 valence electrons. The minimum Gasteiger partial charge on any atom is -0.348 e. The molecule has 2 amide bonds. The highest BCUT2D eigenvalue weighted by Gasteiger charge is 2.09. The molecular formula is C20H18N4O2. The van der Waals surface area contributed by atoms with Crippen molar-refractivity contribution in [1.29, 1.82) is 0 Å². The lowest BCUT2D eigenvalue weighted by Crippen LogP contribution is -2.23. The van der Waals surface area contributed by atoms with Crippen LogP contribution in [0.15, 0.2) is 67.1 Å². The quantitative estimate of drug-likeness (QED) is 0.744. The summed E-state index contributed by atoms with van der Waals surface area (Å²) < 4.78 is 0. The number of nitrogens with one attached hydrogen (secondary N) is 2. The van der Waals surface area contributed by atoms with E-state index in [1.54, 1.807) is 42.9 Å². The molecule has 0 aliphatic carbocycles. The van der Waals surface area contributed by atoms with Crippen molar-refractivity contribution in [2.24, 2.45) is 0 Å². The lowest BCUT2D eigenvalue weighted by molar-refractivity contribution is -0.114. The van der Waals surface area contributed by atoms with Crippen LogP contribution in [0.1, 0.15) is 22.8 Å². The molecule has 0 radical (unpaired) electrons. The fourth-order valence-electron chi connectivity index (χ4n) is 2.54. The molecule has 0 fully saturated rings. The minimum atomic E-state index is -0.191. The van der Waals surface area contributed by atoms with E-state index in [9.17, 15) is 9.59 Å². The van der Waals surface area contributed by atoms with E-state index in [-0.39, 0.29) is 11.8 Å². The van der Waals surface area contributed by atoms with Crippen LogP contribution >= 0.6 is 0 Å². The molecular weight excluding hydrogens is 328 g/mol. The molecule has 3 rings (SSSR count). The second-order valence-corrected chi connectivity index (χ2v) is 5.69. The number of hydrogen-bond acceptors (Lipinski definition) is 4. The van der Waals surface area contributed by atoms with Crippen LogP contribution in [0.25, 0.3) is 11.3 Å². The van der Waals surface area contributed by atoms with Gasteiger partial charge in [-0.2, -0.15) is 0 Å². The molecule has 2 aromatic heterocycles. The number of amides is 2. The van der Waals surface area contributed by atoms with Crippen LogP contribution in [0.3, 0.4) is 0 Å². The first-order chi connectivity index (χ1) is 12.6. The molecule has 2 N–H and O–H groups in total. The molecule has 0 unspecified atom stereocenters. The molecule has 0 aliphatic rings. The number of anilines is 1. The Bertz CT molecular complexity index is 909. The Kier molecular flexibility index (Phi) is 5.34. The predicted octanol–water partition coefficient (Wildman–Crippen LogP) is 3.03. The molecule has 0 spiro atoms. The first-order valence-electron chi connectivity index (χ1n) is 8.13.